The zero-order valence-corrected chi connectivity index (χ0v) is 12.5. The van der Waals surface area contributed by atoms with Crippen molar-refractivity contribution in [2.24, 2.45) is 0 Å². The Morgan fingerprint density at radius 2 is 1.95 bits per heavy atom. The van der Waals surface area contributed by atoms with Gasteiger partial charge in [0.1, 0.15) is 5.82 Å². The molecule has 0 fully saturated rings. The van der Waals surface area contributed by atoms with E-state index in [1.807, 2.05) is 37.1 Å². The minimum absolute atomic E-state index is 0.210. The predicted molar refractivity (Wildman–Crippen MR) is 81.8 cm³/mol. The van der Waals surface area contributed by atoms with Gasteiger partial charge in [-0.25, -0.2) is 4.39 Å². The van der Waals surface area contributed by atoms with Gasteiger partial charge in [-0.3, -0.25) is 0 Å². The topological polar surface area (TPSA) is 29.3 Å². The lowest BCUT2D eigenvalue weighted by atomic mass is 10.1. The molecule has 0 spiro atoms. The van der Waals surface area contributed by atoms with Crippen LogP contribution in [0.3, 0.4) is 0 Å². The fraction of sp³-hybridized carbons (Fsp3) is 0.200. The second-order valence-electron chi connectivity index (χ2n) is 4.63. The van der Waals surface area contributed by atoms with Gasteiger partial charge in [-0.2, -0.15) is 0 Å². The van der Waals surface area contributed by atoms with Gasteiger partial charge in [-0.05, 0) is 48.4 Å². The van der Waals surface area contributed by atoms with E-state index in [0.717, 1.165) is 21.3 Å². The summed E-state index contributed by atoms with van der Waals surface area (Å²) in [7, 11) is 1.95. The van der Waals surface area contributed by atoms with E-state index in [4.69, 9.17) is 5.73 Å². The Hall–Kier alpha value is -1.55. The van der Waals surface area contributed by atoms with Crippen molar-refractivity contribution in [3.63, 3.8) is 0 Å². The molecule has 19 heavy (non-hydrogen) atoms. The van der Waals surface area contributed by atoms with Crippen molar-refractivity contribution in [2.45, 2.75) is 13.5 Å². The van der Waals surface area contributed by atoms with Crippen molar-refractivity contribution in [1.82, 2.24) is 0 Å². The third kappa shape index (κ3) is 3.26. The molecule has 0 amide bonds. The molecule has 0 saturated heterocycles. The summed E-state index contributed by atoms with van der Waals surface area (Å²) < 4.78 is 14.2. The first-order valence-corrected chi connectivity index (χ1v) is 6.78. The lowest BCUT2D eigenvalue weighted by Crippen LogP contribution is -2.18. The number of nitrogens with zero attached hydrogens (tertiary/aromatic N) is 1. The van der Waals surface area contributed by atoms with Crippen LogP contribution in [0.1, 0.15) is 11.1 Å². The molecule has 0 radical (unpaired) electrons. The first-order chi connectivity index (χ1) is 8.97. The summed E-state index contributed by atoms with van der Waals surface area (Å²) in [5, 5.41) is 0. The lowest BCUT2D eigenvalue weighted by Gasteiger charge is -2.22. The van der Waals surface area contributed by atoms with Gasteiger partial charge in [0.15, 0.2) is 0 Å². The number of hydrogen-bond acceptors (Lipinski definition) is 2. The second kappa shape index (κ2) is 5.61. The maximum absolute atomic E-state index is 13.3. The number of anilines is 2. The van der Waals surface area contributed by atoms with E-state index in [0.29, 0.717) is 12.2 Å². The second-order valence-corrected chi connectivity index (χ2v) is 5.55. The van der Waals surface area contributed by atoms with Crippen LogP contribution < -0.4 is 10.6 Å². The molecule has 2 aromatic carbocycles. The van der Waals surface area contributed by atoms with Crippen LogP contribution in [0.15, 0.2) is 40.9 Å². The summed E-state index contributed by atoms with van der Waals surface area (Å²) in [6, 6.07) is 10.6. The van der Waals surface area contributed by atoms with Gasteiger partial charge < -0.3 is 10.6 Å². The first kappa shape index (κ1) is 13.9. The monoisotopic (exact) mass is 322 g/mol. The molecule has 2 rings (SSSR count). The Bertz CT molecular complexity index is 599. The Balaban J connectivity index is 2.25. The van der Waals surface area contributed by atoms with Crippen LogP contribution in [-0.2, 0) is 6.54 Å². The quantitative estimate of drug-likeness (QED) is 0.861. The Labute approximate surface area is 121 Å². The molecule has 0 aliphatic heterocycles. The van der Waals surface area contributed by atoms with Crippen LogP contribution in [0, 0.1) is 12.7 Å². The van der Waals surface area contributed by atoms with Gasteiger partial charge >= 0.3 is 0 Å². The van der Waals surface area contributed by atoms with E-state index in [9.17, 15) is 4.39 Å². The maximum Gasteiger partial charge on any atom is 0.123 e. The van der Waals surface area contributed by atoms with Crippen molar-refractivity contribution in [1.29, 1.82) is 0 Å². The van der Waals surface area contributed by atoms with Crippen LogP contribution in [0.2, 0.25) is 0 Å². The molecule has 4 heteroatoms. The van der Waals surface area contributed by atoms with Crippen LogP contribution in [-0.4, -0.2) is 7.05 Å². The van der Waals surface area contributed by atoms with E-state index in [1.54, 1.807) is 12.1 Å². The number of rotatable bonds is 3. The van der Waals surface area contributed by atoms with E-state index in [-0.39, 0.29) is 5.82 Å². The SMILES string of the molecule is Cc1ccc(F)cc1CN(C)c1ccc(Br)cc1N. The summed E-state index contributed by atoms with van der Waals surface area (Å²) in [6.45, 7) is 2.60. The van der Waals surface area contributed by atoms with E-state index >= 15 is 0 Å². The molecule has 0 heterocycles. The third-order valence-electron chi connectivity index (χ3n) is 3.12. The smallest absolute Gasteiger partial charge is 0.123 e. The fourth-order valence-corrected chi connectivity index (χ4v) is 2.40. The fourth-order valence-electron chi connectivity index (χ4n) is 2.02. The number of nitrogens with two attached hydrogens (primary N) is 1. The molecule has 100 valence electrons. The van der Waals surface area contributed by atoms with Crippen molar-refractivity contribution < 1.29 is 4.39 Å². The van der Waals surface area contributed by atoms with Crippen molar-refractivity contribution in [3.8, 4) is 0 Å². The summed E-state index contributed by atoms with van der Waals surface area (Å²) >= 11 is 3.39. The Kier molecular flexibility index (Phi) is 4.10. The van der Waals surface area contributed by atoms with Gasteiger partial charge in [0.2, 0.25) is 0 Å². The minimum Gasteiger partial charge on any atom is -0.397 e. The van der Waals surface area contributed by atoms with Gasteiger partial charge in [0.25, 0.3) is 0 Å². The predicted octanol–water partition coefficient (Wildman–Crippen LogP) is 4.12. The molecule has 0 bridgehead atoms. The molecule has 0 atom stereocenters. The normalized spacial score (nSPS) is 10.5. The Morgan fingerprint density at radius 1 is 1.21 bits per heavy atom. The van der Waals surface area contributed by atoms with Crippen LogP contribution in [0.5, 0.6) is 0 Å². The standard InChI is InChI=1S/C15H16BrFN2/c1-10-3-5-13(17)7-11(10)9-19(2)15-6-4-12(16)8-14(15)18/h3-8H,9,18H2,1-2H3. The number of benzene rings is 2. The first-order valence-electron chi connectivity index (χ1n) is 5.98. The van der Waals surface area contributed by atoms with E-state index in [2.05, 4.69) is 15.9 Å². The Morgan fingerprint density at radius 3 is 2.63 bits per heavy atom. The van der Waals surface area contributed by atoms with Crippen LogP contribution in [0.4, 0.5) is 15.8 Å². The zero-order valence-electron chi connectivity index (χ0n) is 11.0. The highest BCUT2D eigenvalue weighted by atomic mass is 79.9. The molecule has 0 saturated carbocycles. The van der Waals surface area contributed by atoms with Crippen LogP contribution in [0.25, 0.3) is 0 Å². The molecule has 0 aliphatic rings. The van der Waals surface area contributed by atoms with E-state index in [1.165, 1.54) is 6.07 Å². The highest BCUT2D eigenvalue weighted by Gasteiger charge is 2.08. The number of halogens is 2. The third-order valence-corrected chi connectivity index (χ3v) is 3.61. The summed E-state index contributed by atoms with van der Waals surface area (Å²) in [5.41, 5.74) is 9.67. The average molecular weight is 323 g/mol. The van der Waals surface area contributed by atoms with Crippen LogP contribution >= 0.6 is 15.9 Å². The molecule has 2 nitrogen and oxygen atoms in total. The van der Waals surface area contributed by atoms with E-state index < -0.39 is 0 Å². The lowest BCUT2D eigenvalue weighted by molar-refractivity contribution is 0.624. The molecular weight excluding hydrogens is 307 g/mol. The molecular formula is C15H16BrFN2. The van der Waals surface area contributed by atoms with Gasteiger partial charge in [-0.1, -0.05) is 22.0 Å². The molecule has 0 aliphatic carbocycles. The molecule has 2 N–H and O–H groups in total. The van der Waals surface area contributed by atoms with Gasteiger partial charge in [0, 0.05) is 18.1 Å². The van der Waals surface area contributed by atoms with Crippen molar-refractivity contribution in [2.75, 3.05) is 17.7 Å². The summed E-state index contributed by atoms with van der Waals surface area (Å²) in [6.07, 6.45) is 0. The molecule has 0 aromatic heterocycles. The zero-order chi connectivity index (χ0) is 14.0. The average Bonchev–Trinajstić information content (AvgIpc) is 2.33. The van der Waals surface area contributed by atoms with Gasteiger partial charge in [-0.15, -0.1) is 0 Å². The highest BCUT2D eigenvalue weighted by molar-refractivity contribution is 9.10. The maximum atomic E-state index is 13.3. The number of hydrogen-bond donors (Lipinski definition) is 1. The largest absolute Gasteiger partial charge is 0.397 e. The molecule has 0 unspecified atom stereocenters. The van der Waals surface area contributed by atoms with Crippen molar-refractivity contribution >= 4 is 27.3 Å². The van der Waals surface area contributed by atoms with Gasteiger partial charge in [0.05, 0.1) is 11.4 Å². The molecule has 2 aromatic rings. The summed E-state index contributed by atoms with van der Waals surface area (Å²) in [5.74, 6) is -0.210. The minimum atomic E-state index is -0.210. The summed E-state index contributed by atoms with van der Waals surface area (Å²) in [4.78, 5) is 2.02. The van der Waals surface area contributed by atoms with Crippen molar-refractivity contribution in [3.05, 3.63) is 57.8 Å². The number of nitrogen functional groups attached to an aromatic ring is 1. The number of aryl methyl sites for hydroxylation is 1. The highest BCUT2D eigenvalue weighted by Crippen LogP contribution is 2.27.